The molecule has 236 valence electrons. The lowest BCUT2D eigenvalue weighted by Crippen LogP contribution is -2.53. The summed E-state index contributed by atoms with van der Waals surface area (Å²) in [5.74, 6) is -1.20. The number of hydrogen-bond donors (Lipinski definition) is 1. The highest BCUT2D eigenvalue weighted by atomic mass is 35.5. The van der Waals surface area contributed by atoms with Crippen molar-refractivity contribution in [2.75, 3.05) is 24.5 Å². The summed E-state index contributed by atoms with van der Waals surface area (Å²) < 4.78 is 48.4. The van der Waals surface area contributed by atoms with Gasteiger partial charge in [-0.1, -0.05) is 79.2 Å². The fourth-order valence-corrected chi connectivity index (χ4v) is 6.38. The third-order valence-corrected chi connectivity index (χ3v) is 9.19. The molecule has 1 atom stereocenters. The zero-order chi connectivity index (χ0) is 32.4. The van der Waals surface area contributed by atoms with E-state index in [4.69, 9.17) is 16.3 Å². The minimum absolute atomic E-state index is 0.00465. The lowest BCUT2D eigenvalue weighted by Gasteiger charge is -2.34. The van der Waals surface area contributed by atoms with Crippen LogP contribution in [-0.2, 0) is 32.6 Å². The Morgan fingerprint density at radius 1 is 0.911 bits per heavy atom. The Bertz CT molecular complexity index is 1710. The van der Waals surface area contributed by atoms with Crippen molar-refractivity contribution in [1.29, 1.82) is 0 Å². The molecule has 0 aliphatic carbocycles. The zero-order valence-electron chi connectivity index (χ0n) is 25.0. The normalized spacial score (nSPS) is 11.8. The van der Waals surface area contributed by atoms with E-state index < -0.39 is 34.3 Å². The van der Waals surface area contributed by atoms with Gasteiger partial charge in [-0.15, -0.1) is 0 Å². The van der Waals surface area contributed by atoms with Crippen molar-refractivity contribution in [2.45, 2.75) is 37.2 Å². The van der Waals surface area contributed by atoms with E-state index in [0.29, 0.717) is 24.3 Å². The van der Waals surface area contributed by atoms with Crippen molar-refractivity contribution in [2.24, 2.45) is 0 Å². The summed E-state index contributed by atoms with van der Waals surface area (Å²) in [4.78, 5) is 29.4. The quantitative estimate of drug-likeness (QED) is 0.185. The van der Waals surface area contributed by atoms with E-state index in [1.54, 1.807) is 42.5 Å². The summed E-state index contributed by atoms with van der Waals surface area (Å²) in [7, 11) is -2.80. The van der Waals surface area contributed by atoms with Gasteiger partial charge >= 0.3 is 0 Å². The van der Waals surface area contributed by atoms with Crippen molar-refractivity contribution in [1.82, 2.24) is 10.2 Å². The lowest BCUT2D eigenvalue weighted by molar-refractivity contribution is -0.140. The summed E-state index contributed by atoms with van der Waals surface area (Å²) in [6.45, 7) is 1.62. The molecule has 0 radical (unpaired) electrons. The van der Waals surface area contributed by atoms with Gasteiger partial charge in [0.05, 0.1) is 22.7 Å². The Morgan fingerprint density at radius 3 is 2.22 bits per heavy atom. The predicted octanol–water partition coefficient (Wildman–Crippen LogP) is 5.85. The van der Waals surface area contributed by atoms with E-state index >= 15 is 0 Å². The molecule has 0 aliphatic heterocycles. The van der Waals surface area contributed by atoms with Gasteiger partial charge in [0.2, 0.25) is 11.8 Å². The first-order chi connectivity index (χ1) is 21.6. The third kappa shape index (κ3) is 8.61. The van der Waals surface area contributed by atoms with Crippen molar-refractivity contribution >= 4 is 39.1 Å². The summed E-state index contributed by atoms with van der Waals surface area (Å²) in [5, 5.41) is 2.60. The molecule has 8 nitrogen and oxygen atoms in total. The molecular weight excluding hydrogens is 617 g/mol. The Labute approximate surface area is 268 Å². The van der Waals surface area contributed by atoms with Crippen LogP contribution in [-0.4, -0.2) is 51.4 Å². The maximum absolute atomic E-state index is 14.4. The average molecular weight is 652 g/mol. The Kier molecular flexibility index (Phi) is 11.6. The number of nitrogens with zero attached hydrogens (tertiary/aromatic N) is 2. The number of ether oxygens (including phenoxy) is 1. The van der Waals surface area contributed by atoms with Gasteiger partial charge in [-0.3, -0.25) is 13.9 Å². The first-order valence-corrected chi connectivity index (χ1v) is 16.2. The van der Waals surface area contributed by atoms with E-state index in [1.807, 2.05) is 37.3 Å². The zero-order valence-corrected chi connectivity index (χ0v) is 26.6. The number of benzene rings is 4. The van der Waals surface area contributed by atoms with E-state index in [-0.39, 0.29) is 34.5 Å². The van der Waals surface area contributed by atoms with Crippen LogP contribution in [0.25, 0.3) is 0 Å². The molecule has 0 aromatic heterocycles. The number of amides is 2. The van der Waals surface area contributed by atoms with Gasteiger partial charge in [-0.25, -0.2) is 12.8 Å². The highest BCUT2D eigenvalue weighted by Gasteiger charge is 2.34. The minimum Gasteiger partial charge on any atom is -0.497 e. The van der Waals surface area contributed by atoms with Gasteiger partial charge in [0.25, 0.3) is 10.0 Å². The topological polar surface area (TPSA) is 96.0 Å². The van der Waals surface area contributed by atoms with Crippen LogP contribution in [0.1, 0.15) is 24.5 Å². The summed E-state index contributed by atoms with van der Waals surface area (Å²) >= 11 is 6.06. The van der Waals surface area contributed by atoms with Crippen LogP contribution >= 0.6 is 11.6 Å². The van der Waals surface area contributed by atoms with Crippen LogP contribution in [0.5, 0.6) is 5.75 Å². The van der Waals surface area contributed by atoms with Gasteiger partial charge in [0, 0.05) is 19.5 Å². The van der Waals surface area contributed by atoms with Crippen molar-refractivity contribution in [3.8, 4) is 5.75 Å². The van der Waals surface area contributed by atoms with Gasteiger partial charge in [-0.05, 0) is 60.0 Å². The van der Waals surface area contributed by atoms with Gasteiger partial charge in [0.15, 0.2) is 0 Å². The highest BCUT2D eigenvalue weighted by molar-refractivity contribution is 7.92. The van der Waals surface area contributed by atoms with Gasteiger partial charge in [-0.2, -0.15) is 0 Å². The number of hydrogen-bond acceptors (Lipinski definition) is 5. The minimum atomic E-state index is -4.33. The standard InChI is InChI=1S/C34H35ClFN3O5S/c1-3-19-37-34(41)32(21-25-11-6-4-7-12-25)38(23-26-13-10-14-28(20-26)44-2)33(40)24-39(27-17-18-31(36)30(35)22-27)45(42,43)29-15-8-5-9-16-29/h4-18,20,22,32H,3,19,21,23-24H2,1-2H3,(H,37,41)/t32-/m1/s1. The average Bonchev–Trinajstić information content (AvgIpc) is 3.06. The Morgan fingerprint density at radius 2 is 1.58 bits per heavy atom. The summed E-state index contributed by atoms with van der Waals surface area (Å²) in [6.07, 6.45) is 0.863. The number of carbonyl (C=O) groups is 2. The monoisotopic (exact) mass is 651 g/mol. The fraction of sp³-hybridized carbons (Fsp3) is 0.235. The summed E-state index contributed by atoms with van der Waals surface area (Å²) in [6, 6.07) is 26.4. The number of carbonyl (C=O) groups excluding carboxylic acids is 2. The molecule has 0 fully saturated rings. The molecule has 0 bridgehead atoms. The molecule has 0 aliphatic rings. The molecule has 0 saturated carbocycles. The largest absolute Gasteiger partial charge is 0.497 e. The Balaban J connectivity index is 1.81. The van der Waals surface area contributed by atoms with E-state index in [0.717, 1.165) is 22.0 Å². The van der Waals surface area contributed by atoms with E-state index in [1.165, 1.54) is 30.2 Å². The number of halogens is 2. The van der Waals surface area contributed by atoms with Crippen LogP contribution in [0.2, 0.25) is 5.02 Å². The highest BCUT2D eigenvalue weighted by Crippen LogP contribution is 2.28. The second-order valence-electron chi connectivity index (χ2n) is 10.3. The second-order valence-corrected chi connectivity index (χ2v) is 12.6. The smallest absolute Gasteiger partial charge is 0.264 e. The maximum Gasteiger partial charge on any atom is 0.264 e. The van der Waals surface area contributed by atoms with Crippen LogP contribution in [0, 0.1) is 5.82 Å². The first-order valence-electron chi connectivity index (χ1n) is 14.4. The lowest BCUT2D eigenvalue weighted by atomic mass is 10.0. The molecule has 4 aromatic rings. The maximum atomic E-state index is 14.4. The van der Waals surface area contributed by atoms with E-state index in [2.05, 4.69) is 5.32 Å². The molecule has 0 saturated heterocycles. The fourth-order valence-electron chi connectivity index (χ4n) is 4.78. The Hall–Kier alpha value is -4.41. The molecule has 1 N–H and O–H groups in total. The molecule has 4 aromatic carbocycles. The van der Waals surface area contributed by atoms with Crippen LogP contribution in [0.15, 0.2) is 108 Å². The van der Waals surface area contributed by atoms with Gasteiger partial charge in [0.1, 0.15) is 24.2 Å². The van der Waals surface area contributed by atoms with Crippen molar-refractivity contribution < 1.29 is 27.1 Å². The van der Waals surface area contributed by atoms with Crippen LogP contribution in [0.3, 0.4) is 0 Å². The molecule has 4 rings (SSSR count). The molecule has 0 spiro atoms. The molecular formula is C34H35ClFN3O5S. The number of anilines is 1. The van der Waals surface area contributed by atoms with Crippen LogP contribution in [0.4, 0.5) is 10.1 Å². The van der Waals surface area contributed by atoms with Crippen LogP contribution < -0.4 is 14.4 Å². The molecule has 2 amide bonds. The SMILES string of the molecule is CCCNC(=O)[C@@H](Cc1ccccc1)N(Cc1cccc(OC)c1)C(=O)CN(c1ccc(F)c(Cl)c1)S(=O)(=O)c1ccccc1. The number of sulfonamides is 1. The predicted molar refractivity (Wildman–Crippen MR) is 173 cm³/mol. The van der Waals surface area contributed by atoms with Gasteiger partial charge < -0.3 is 15.0 Å². The first kappa shape index (κ1) is 33.5. The molecule has 45 heavy (non-hydrogen) atoms. The third-order valence-electron chi connectivity index (χ3n) is 7.11. The molecule has 0 heterocycles. The van der Waals surface area contributed by atoms with Crippen molar-refractivity contribution in [3.05, 3.63) is 125 Å². The number of rotatable bonds is 14. The number of nitrogens with one attached hydrogen (secondary N) is 1. The van der Waals surface area contributed by atoms with E-state index in [9.17, 15) is 22.4 Å². The van der Waals surface area contributed by atoms with Crippen molar-refractivity contribution in [3.63, 3.8) is 0 Å². The second kappa shape index (κ2) is 15.5. The number of methoxy groups -OCH3 is 1. The summed E-state index contributed by atoms with van der Waals surface area (Å²) in [5.41, 5.74) is 1.48. The molecule has 11 heteroatoms. The molecule has 0 unspecified atom stereocenters.